The van der Waals surface area contributed by atoms with Gasteiger partial charge < -0.3 is 14.6 Å². The molecule has 1 N–H and O–H groups in total. The fourth-order valence-electron chi connectivity index (χ4n) is 3.19. The summed E-state index contributed by atoms with van der Waals surface area (Å²) in [5, 5.41) is 9.80. The van der Waals surface area contributed by atoms with Crippen LogP contribution < -0.4 is 4.74 Å². The normalized spacial score (nSPS) is 25.6. The maximum atomic E-state index is 9.80. The zero-order chi connectivity index (χ0) is 16.9. The highest BCUT2D eigenvalue weighted by atomic mass is 16.5. The Labute approximate surface area is 140 Å². The fourth-order valence-corrected chi connectivity index (χ4v) is 3.19. The first-order valence-electron chi connectivity index (χ1n) is 8.53. The zero-order valence-electron chi connectivity index (χ0n) is 14.8. The molecule has 0 radical (unpaired) electrons. The van der Waals surface area contributed by atoms with Gasteiger partial charge >= 0.3 is 0 Å². The first-order chi connectivity index (χ1) is 11.0. The molecule has 3 atom stereocenters. The van der Waals surface area contributed by atoms with Crippen molar-refractivity contribution >= 4 is 0 Å². The van der Waals surface area contributed by atoms with Gasteiger partial charge in [0, 0.05) is 5.41 Å². The lowest BCUT2D eigenvalue weighted by molar-refractivity contribution is -0.0603. The van der Waals surface area contributed by atoms with Gasteiger partial charge in [-0.3, -0.25) is 0 Å². The van der Waals surface area contributed by atoms with Crippen molar-refractivity contribution in [1.29, 1.82) is 0 Å². The van der Waals surface area contributed by atoms with Gasteiger partial charge in [-0.2, -0.15) is 0 Å². The molecule has 1 aliphatic carbocycles. The van der Waals surface area contributed by atoms with Crippen molar-refractivity contribution in [2.45, 2.75) is 46.3 Å². The number of ether oxygens (including phenoxy) is 2. The largest absolute Gasteiger partial charge is 0.497 e. The number of hydrogen-bond donors (Lipinski definition) is 1. The molecule has 23 heavy (non-hydrogen) atoms. The molecule has 0 amide bonds. The maximum Gasteiger partial charge on any atom is 0.118 e. The van der Waals surface area contributed by atoms with Crippen molar-refractivity contribution in [1.82, 2.24) is 0 Å². The number of methoxy groups -OCH3 is 1. The topological polar surface area (TPSA) is 38.7 Å². The van der Waals surface area contributed by atoms with E-state index in [0.717, 1.165) is 24.2 Å². The minimum atomic E-state index is -0.172. The lowest BCUT2D eigenvalue weighted by Crippen LogP contribution is -2.38. The molecule has 0 heterocycles. The van der Waals surface area contributed by atoms with Crippen molar-refractivity contribution in [3.05, 3.63) is 42.0 Å². The number of aliphatic hydroxyl groups excluding tert-OH is 1. The molecule has 0 fully saturated rings. The summed E-state index contributed by atoms with van der Waals surface area (Å²) < 4.78 is 11.2. The van der Waals surface area contributed by atoms with E-state index in [-0.39, 0.29) is 18.1 Å². The summed E-state index contributed by atoms with van der Waals surface area (Å²) in [4.78, 5) is 0. The molecule has 128 valence electrons. The van der Waals surface area contributed by atoms with Gasteiger partial charge in [0.2, 0.25) is 0 Å². The fraction of sp³-hybridized carbons (Fsp3) is 0.600. The van der Waals surface area contributed by atoms with Crippen molar-refractivity contribution in [2.75, 3.05) is 13.7 Å². The number of benzene rings is 1. The van der Waals surface area contributed by atoms with Crippen molar-refractivity contribution < 1.29 is 14.6 Å². The van der Waals surface area contributed by atoms with E-state index in [2.05, 4.69) is 32.9 Å². The number of hydrogen-bond acceptors (Lipinski definition) is 3. The van der Waals surface area contributed by atoms with Gasteiger partial charge in [0.25, 0.3) is 0 Å². The quantitative estimate of drug-likeness (QED) is 0.766. The van der Waals surface area contributed by atoms with Crippen LogP contribution in [0.4, 0.5) is 0 Å². The average Bonchev–Trinajstić information content (AvgIpc) is 2.56. The van der Waals surface area contributed by atoms with E-state index < -0.39 is 0 Å². The van der Waals surface area contributed by atoms with Crippen molar-refractivity contribution in [3.8, 4) is 5.75 Å². The summed E-state index contributed by atoms with van der Waals surface area (Å²) >= 11 is 0. The molecule has 1 aromatic rings. The lowest BCUT2D eigenvalue weighted by atomic mass is 9.71. The Bertz CT molecular complexity index is 506. The first-order valence-corrected chi connectivity index (χ1v) is 8.53. The van der Waals surface area contributed by atoms with Crippen LogP contribution in [0.2, 0.25) is 0 Å². The molecule has 3 heteroatoms. The Morgan fingerprint density at radius 1 is 1.26 bits per heavy atom. The van der Waals surface area contributed by atoms with Crippen LogP contribution in [0.1, 0.15) is 39.2 Å². The Morgan fingerprint density at radius 3 is 2.43 bits per heavy atom. The van der Waals surface area contributed by atoms with Crippen molar-refractivity contribution in [3.63, 3.8) is 0 Å². The third-order valence-corrected chi connectivity index (χ3v) is 5.11. The Kier molecular flexibility index (Phi) is 6.25. The van der Waals surface area contributed by atoms with Gasteiger partial charge in [0.05, 0.1) is 26.4 Å². The van der Waals surface area contributed by atoms with E-state index in [1.54, 1.807) is 7.11 Å². The lowest BCUT2D eigenvalue weighted by Gasteiger charge is -2.39. The zero-order valence-corrected chi connectivity index (χ0v) is 14.8. The second-order valence-electron chi connectivity index (χ2n) is 7.14. The summed E-state index contributed by atoms with van der Waals surface area (Å²) in [5.74, 6) is 2.15. The molecule has 1 aromatic carbocycles. The van der Waals surface area contributed by atoms with E-state index >= 15 is 0 Å². The third-order valence-electron chi connectivity index (χ3n) is 5.11. The second kappa shape index (κ2) is 7.98. The predicted molar refractivity (Wildman–Crippen MR) is 93.5 cm³/mol. The van der Waals surface area contributed by atoms with Gasteiger partial charge in [-0.15, -0.1) is 0 Å². The standard InChI is InChI=1S/C20H30O3/c1-15(2)17-9-11-20(3,12-10-17)19(13-21)23-14-16-5-7-18(22-4)8-6-16/h5-9,11,15,17,19,21H,10,12-14H2,1-4H3/t17-,19-,20+/m1/s1. The Balaban J connectivity index is 1.97. The molecule has 2 rings (SSSR count). The third kappa shape index (κ3) is 4.58. The molecule has 0 bridgehead atoms. The highest BCUT2D eigenvalue weighted by molar-refractivity contribution is 5.26. The van der Waals surface area contributed by atoms with E-state index in [0.29, 0.717) is 18.4 Å². The molecular formula is C20H30O3. The minimum Gasteiger partial charge on any atom is -0.497 e. The molecule has 1 aliphatic rings. The second-order valence-corrected chi connectivity index (χ2v) is 7.14. The molecular weight excluding hydrogens is 288 g/mol. The van der Waals surface area contributed by atoms with Crippen LogP contribution in [0.25, 0.3) is 0 Å². The molecule has 0 aromatic heterocycles. The van der Waals surface area contributed by atoms with E-state index in [1.165, 1.54) is 0 Å². The van der Waals surface area contributed by atoms with Crippen LogP contribution in [0.15, 0.2) is 36.4 Å². The average molecular weight is 318 g/mol. The molecule has 0 spiro atoms. The monoisotopic (exact) mass is 318 g/mol. The highest BCUT2D eigenvalue weighted by Crippen LogP contribution is 2.39. The number of aliphatic hydroxyl groups is 1. The summed E-state index contributed by atoms with van der Waals surface area (Å²) in [6.45, 7) is 7.27. The Hall–Kier alpha value is -1.32. The van der Waals surface area contributed by atoms with Crippen LogP contribution in [-0.2, 0) is 11.3 Å². The summed E-state index contributed by atoms with van der Waals surface area (Å²) in [6, 6.07) is 7.87. The molecule has 0 saturated heterocycles. The summed E-state index contributed by atoms with van der Waals surface area (Å²) in [7, 11) is 1.66. The minimum absolute atomic E-state index is 0.0450. The summed E-state index contributed by atoms with van der Waals surface area (Å²) in [6.07, 6.45) is 6.62. The van der Waals surface area contributed by atoms with Crippen LogP contribution >= 0.6 is 0 Å². The highest BCUT2D eigenvalue weighted by Gasteiger charge is 2.35. The van der Waals surface area contributed by atoms with Crippen molar-refractivity contribution in [2.24, 2.45) is 17.3 Å². The van der Waals surface area contributed by atoms with E-state index in [9.17, 15) is 5.11 Å². The van der Waals surface area contributed by atoms with Gasteiger partial charge in [-0.25, -0.2) is 0 Å². The number of allylic oxidation sites excluding steroid dienone is 1. The maximum absolute atomic E-state index is 9.80. The molecule has 0 unspecified atom stereocenters. The van der Waals surface area contributed by atoms with Gasteiger partial charge in [-0.1, -0.05) is 45.1 Å². The van der Waals surface area contributed by atoms with E-state index in [1.807, 2.05) is 24.3 Å². The van der Waals surface area contributed by atoms with Gasteiger partial charge in [-0.05, 0) is 42.4 Å². The Morgan fingerprint density at radius 2 is 1.96 bits per heavy atom. The molecule has 3 nitrogen and oxygen atoms in total. The van der Waals surface area contributed by atoms with E-state index in [4.69, 9.17) is 9.47 Å². The van der Waals surface area contributed by atoms with Crippen LogP contribution in [0, 0.1) is 17.3 Å². The van der Waals surface area contributed by atoms with Crippen LogP contribution in [0.3, 0.4) is 0 Å². The predicted octanol–water partition coefficient (Wildman–Crippen LogP) is 4.20. The van der Waals surface area contributed by atoms with Gasteiger partial charge in [0.15, 0.2) is 0 Å². The molecule has 0 saturated carbocycles. The van der Waals surface area contributed by atoms with Crippen LogP contribution in [0.5, 0.6) is 5.75 Å². The SMILES string of the molecule is COc1ccc(CO[C@H](CO)[C@@]2(C)C=C[C@@H](C(C)C)CC2)cc1. The summed E-state index contributed by atoms with van der Waals surface area (Å²) in [5.41, 5.74) is 1.000. The van der Waals surface area contributed by atoms with Crippen LogP contribution in [-0.4, -0.2) is 24.9 Å². The number of rotatable bonds is 7. The first kappa shape index (κ1) is 18.0. The molecule has 0 aliphatic heterocycles. The smallest absolute Gasteiger partial charge is 0.118 e. The van der Waals surface area contributed by atoms with Gasteiger partial charge in [0.1, 0.15) is 5.75 Å².